The van der Waals surface area contributed by atoms with Gasteiger partial charge in [0.2, 0.25) is 0 Å². The molecular weight excluding hydrogens is 288 g/mol. The molecular formula is C16H19ClN2O2. The van der Waals surface area contributed by atoms with Gasteiger partial charge in [0.05, 0.1) is 22.2 Å². The number of aryl methyl sites for hydroxylation is 1. The summed E-state index contributed by atoms with van der Waals surface area (Å²) in [5.41, 5.74) is 2.71. The number of hydrogen-bond acceptors (Lipinski definition) is 3. The number of carboxylic acids is 1. The van der Waals surface area contributed by atoms with Crippen LogP contribution in [0.3, 0.4) is 0 Å². The molecule has 0 amide bonds. The number of aromatic nitrogens is 1. The number of rotatable bonds is 5. The summed E-state index contributed by atoms with van der Waals surface area (Å²) in [7, 11) is 1.88. The van der Waals surface area contributed by atoms with Crippen LogP contribution in [0.4, 0.5) is 0 Å². The first-order valence-corrected chi connectivity index (χ1v) is 7.23. The number of hydrogen-bond donors (Lipinski definition) is 1. The molecule has 1 heterocycles. The van der Waals surface area contributed by atoms with E-state index in [0.29, 0.717) is 18.1 Å². The monoisotopic (exact) mass is 306 g/mol. The quantitative estimate of drug-likeness (QED) is 0.920. The van der Waals surface area contributed by atoms with Gasteiger partial charge in [-0.3, -0.25) is 9.69 Å². The molecule has 0 aliphatic heterocycles. The topological polar surface area (TPSA) is 53.4 Å². The highest BCUT2D eigenvalue weighted by atomic mass is 35.5. The van der Waals surface area contributed by atoms with E-state index in [0.717, 1.165) is 22.2 Å². The van der Waals surface area contributed by atoms with Crippen LogP contribution in [0.15, 0.2) is 24.3 Å². The minimum atomic E-state index is -0.796. The predicted molar refractivity (Wildman–Crippen MR) is 84.6 cm³/mol. The van der Waals surface area contributed by atoms with E-state index in [1.807, 2.05) is 43.1 Å². The number of carboxylic acid groups (broad SMARTS) is 1. The fourth-order valence-corrected chi connectivity index (χ4v) is 2.59. The number of para-hydroxylation sites is 1. The van der Waals surface area contributed by atoms with Crippen molar-refractivity contribution in [1.82, 2.24) is 9.88 Å². The second-order valence-electron chi connectivity index (χ2n) is 5.45. The third-order valence-electron chi connectivity index (χ3n) is 3.57. The second kappa shape index (κ2) is 6.41. The third kappa shape index (κ3) is 3.52. The standard InChI is InChI=1S/C16H19ClN2O2/c1-10(16(20)21)8-19(3)9-14-15(17)11(2)12-6-4-5-7-13(12)18-14/h4-7,10H,8-9H2,1-3H3,(H,20,21). The second-order valence-corrected chi connectivity index (χ2v) is 5.83. The fourth-order valence-electron chi connectivity index (χ4n) is 2.39. The SMILES string of the molecule is Cc1c(Cl)c(CN(C)CC(C)C(=O)O)nc2ccccc12. The molecule has 1 atom stereocenters. The molecule has 1 aromatic heterocycles. The molecule has 1 N–H and O–H groups in total. The summed E-state index contributed by atoms with van der Waals surface area (Å²) < 4.78 is 0. The Kier molecular flexibility index (Phi) is 4.80. The summed E-state index contributed by atoms with van der Waals surface area (Å²) in [5, 5.41) is 10.7. The Morgan fingerprint density at radius 3 is 2.76 bits per heavy atom. The Bertz CT molecular complexity index is 673. The van der Waals surface area contributed by atoms with Crippen LogP contribution < -0.4 is 0 Å². The van der Waals surface area contributed by atoms with E-state index >= 15 is 0 Å². The van der Waals surface area contributed by atoms with E-state index in [1.165, 1.54) is 0 Å². The van der Waals surface area contributed by atoms with Gasteiger partial charge in [0.25, 0.3) is 0 Å². The van der Waals surface area contributed by atoms with Crippen molar-refractivity contribution < 1.29 is 9.90 Å². The molecule has 21 heavy (non-hydrogen) atoms. The normalized spacial score (nSPS) is 12.8. The van der Waals surface area contributed by atoms with Gasteiger partial charge in [-0.2, -0.15) is 0 Å². The van der Waals surface area contributed by atoms with Crippen LogP contribution in [-0.4, -0.2) is 34.6 Å². The number of halogens is 1. The average molecular weight is 307 g/mol. The van der Waals surface area contributed by atoms with Crippen molar-refractivity contribution in [1.29, 1.82) is 0 Å². The largest absolute Gasteiger partial charge is 0.481 e. The first-order chi connectivity index (χ1) is 9.90. The number of benzene rings is 1. The van der Waals surface area contributed by atoms with Crippen molar-refractivity contribution in [3.05, 3.63) is 40.5 Å². The van der Waals surface area contributed by atoms with E-state index in [2.05, 4.69) is 4.98 Å². The molecule has 0 spiro atoms. The van der Waals surface area contributed by atoms with Crippen molar-refractivity contribution in [3.8, 4) is 0 Å². The summed E-state index contributed by atoms with van der Waals surface area (Å²) in [6.45, 7) is 4.66. The molecule has 4 nitrogen and oxygen atoms in total. The maximum Gasteiger partial charge on any atom is 0.307 e. The highest BCUT2D eigenvalue weighted by Crippen LogP contribution is 2.27. The van der Waals surface area contributed by atoms with Gasteiger partial charge in [-0.25, -0.2) is 4.98 Å². The zero-order valence-electron chi connectivity index (χ0n) is 12.4. The predicted octanol–water partition coefficient (Wildman–Crippen LogP) is 3.35. The molecule has 2 aromatic rings. The van der Waals surface area contributed by atoms with Crippen molar-refractivity contribution in [3.63, 3.8) is 0 Å². The summed E-state index contributed by atoms with van der Waals surface area (Å²) in [6.07, 6.45) is 0. The Morgan fingerprint density at radius 2 is 2.10 bits per heavy atom. The lowest BCUT2D eigenvalue weighted by Crippen LogP contribution is -2.28. The molecule has 0 saturated carbocycles. The van der Waals surface area contributed by atoms with E-state index in [4.69, 9.17) is 16.7 Å². The van der Waals surface area contributed by atoms with Crippen LogP contribution in [0.1, 0.15) is 18.2 Å². The first-order valence-electron chi connectivity index (χ1n) is 6.85. The molecule has 0 radical (unpaired) electrons. The molecule has 0 saturated heterocycles. The number of pyridine rings is 1. The van der Waals surface area contributed by atoms with Crippen LogP contribution in [0.2, 0.25) is 5.02 Å². The van der Waals surface area contributed by atoms with E-state index < -0.39 is 11.9 Å². The van der Waals surface area contributed by atoms with Gasteiger partial charge in [-0.15, -0.1) is 0 Å². The lowest BCUT2D eigenvalue weighted by atomic mass is 10.1. The highest BCUT2D eigenvalue weighted by Gasteiger charge is 2.16. The number of nitrogens with zero attached hydrogens (tertiary/aromatic N) is 2. The number of aliphatic carboxylic acids is 1. The molecule has 0 bridgehead atoms. The van der Waals surface area contributed by atoms with Gasteiger partial charge in [0.1, 0.15) is 0 Å². The molecule has 1 unspecified atom stereocenters. The first kappa shape index (κ1) is 15.7. The molecule has 0 aliphatic rings. The van der Waals surface area contributed by atoms with Gasteiger partial charge in [-0.05, 0) is 25.6 Å². The van der Waals surface area contributed by atoms with Crippen molar-refractivity contribution >= 4 is 28.5 Å². The van der Waals surface area contributed by atoms with E-state index in [9.17, 15) is 4.79 Å². The Morgan fingerprint density at radius 1 is 1.43 bits per heavy atom. The summed E-state index contributed by atoms with van der Waals surface area (Å²) in [4.78, 5) is 17.5. The van der Waals surface area contributed by atoms with Crippen molar-refractivity contribution in [2.45, 2.75) is 20.4 Å². The van der Waals surface area contributed by atoms with Crippen LogP contribution in [0, 0.1) is 12.8 Å². The summed E-state index contributed by atoms with van der Waals surface area (Å²) >= 11 is 6.41. The van der Waals surface area contributed by atoms with Crippen LogP contribution in [0.5, 0.6) is 0 Å². The third-order valence-corrected chi connectivity index (χ3v) is 4.07. The van der Waals surface area contributed by atoms with Gasteiger partial charge < -0.3 is 5.11 Å². The summed E-state index contributed by atoms with van der Waals surface area (Å²) in [5.74, 6) is -1.22. The van der Waals surface area contributed by atoms with Crippen molar-refractivity contribution in [2.75, 3.05) is 13.6 Å². The van der Waals surface area contributed by atoms with Gasteiger partial charge in [0.15, 0.2) is 0 Å². The number of fused-ring (bicyclic) bond motifs is 1. The Labute approximate surface area is 129 Å². The zero-order chi connectivity index (χ0) is 15.6. The van der Waals surface area contributed by atoms with Crippen molar-refractivity contribution in [2.24, 2.45) is 5.92 Å². The van der Waals surface area contributed by atoms with Gasteiger partial charge in [-0.1, -0.05) is 36.7 Å². The maximum atomic E-state index is 10.9. The smallest absolute Gasteiger partial charge is 0.307 e. The van der Waals surface area contributed by atoms with E-state index in [1.54, 1.807) is 6.92 Å². The van der Waals surface area contributed by atoms with Gasteiger partial charge >= 0.3 is 5.97 Å². The number of carbonyl (C=O) groups is 1. The van der Waals surface area contributed by atoms with Crippen LogP contribution in [0.25, 0.3) is 10.9 Å². The Hall–Kier alpha value is -1.65. The minimum absolute atomic E-state index is 0.421. The molecule has 0 aliphatic carbocycles. The van der Waals surface area contributed by atoms with Gasteiger partial charge in [0, 0.05) is 18.5 Å². The van der Waals surface area contributed by atoms with E-state index in [-0.39, 0.29) is 0 Å². The molecule has 5 heteroatoms. The lowest BCUT2D eigenvalue weighted by molar-refractivity contribution is -0.141. The zero-order valence-corrected chi connectivity index (χ0v) is 13.2. The Balaban J connectivity index is 2.26. The molecule has 2 rings (SSSR count). The molecule has 1 aromatic carbocycles. The van der Waals surface area contributed by atoms with Crippen LogP contribution in [-0.2, 0) is 11.3 Å². The maximum absolute atomic E-state index is 10.9. The lowest BCUT2D eigenvalue weighted by Gasteiger charge is -2.20. The molecule has 0 fully saturated rings. The fraction of sp³-hybridized carbons (Fsp3) is 0.375. The minimum Gasteiger partial charge on any atom is -0.481 e. The average Bonchev–Trinajstić information content (AvgIpc) is 2.44. The summed E-state index contributed by atoms with van der Waals surface area (Å²) in [6, 6.07) is 7.88. The van der Waals surface area contributed by atoms with Crippen LogP contribution >= 0.6 is 11.6 Å². The molecule has 112 valence electrons. The highest BCUT2D eigenvalue weighted by molar-refractivity contribution is 6.32.